The molecule has 1 aromatic rings. The van der Waals surface area contributed by atoms with Crippen molar-refractivity contribution in [2.24, 2.45) is 0 Å². The number of carbonyl (C=O) groups excluding carboxylic acids is 2. The van der Waals surface area contributed by atoms with E-state index < -0.39 is 12.0 Å². The summed E-state index contributed by atoms with van der Waals surface area (Å²) in [6.45, 7) is 3.57. The lowest BCUT2D eigenvalue weighted by molar-refractivity contribution is -0.126. The third kappa shape index (κ3) is 2.05. The van der Waals surface area contributed by atoms with Gasteiger partial charge in [-0.2, -0.15) is 0 Å². The second kappa shape index (κ2) is 4.23. The van der Waals surface area contributed by atoms with E-state index in [1.54, 1.807) is 13.0 Å². The van der Waals surface area contributed by atoms with Crippen molar-refractivity contribution >= 4 is 12.2 Å². The van der Waals surface area contributed by atoms with Crippen LogP contribution in [0, 0.1) is 13.8 Å². The van der Waals surface area contributed by atoms with Gasteiger partial charge in [-0.15, -0.1) is 0 Å². The average Bonchev–Trinajstić information content (AvgIpc) is 2.20. The lowest BCUT2D eigenvalue weighted by Gasteiger charge is -2.12. The molecule has 0 saturated carbocycles. The summed E-state index contributed by atoms with van der Waals surface area (Å²) in [5.41, 5.74) is 8.94. The first-order valence-corrected chi connectivity index (χ1v) is 4.47. The fourth-order valence-corrected chi connectivity index (χ4v) is 1.39. The Hall–Kier alpha value is -1.68. The van der Waals surface area contributed by atoms with E-state index in [4.69, 9.17) is 5.73 Å². The van der Waals surface area contributed by atoms with Crippen LogP contribution in [0.3, 0.4) is 0 Å². The molecule has 0 aliphatic rings. The minimum Gasteiger partial charge on any atom is -0.378 e. The molecule has 1 amide bonds. The number of hydrogen-bond donors (Lipinski definition) is 1. The van der Waals surface area contributed by atoms with Crippen LogP contribution in [0.25, 0.3) is 0 Å². The van der Waals surface area contributed by atoms with Gasteiger partial charge in [-0.3, -0.25) is 15.3 Å². The third-order valence-electron chi connectivity index (χ3n) is 2.48. The molecule has 0 spiro atoms. The van der Waals surface area contributed by atoms with Crippen molar-refractivity contribution in [3.05, 3.63) is 34.4 Å². The maximum atomic E-state index is 10.8. The Morgan fingerprint density at radius 3 is 2.53 bits per heavy atom. The van der Waals surface area contributed by atoms with Crippen LogP contribution in [0.5, 0.6) is 0 Å². The van der Waals surface area contributed by atoms with E-state index in [0.29, 0.717) is 11.8 Å². The maximum Gasteiger partial charge on any atom is 0.271 e. The minimum absolute atomic E-state index is 0.202. The molecular formula is C11H12NO3. The maximum absolute atomic E-state index is 10.8. The third-order valence-corrected chi connectivity index (χ3v) is 2.48. The van der Waals surface area contributed by atoms with Crippen LogP contribution in [0.4, 0.5) is 0 Å². The average molecular weight is 206 g/mol. The molecule has 0 aliphatic heterocycles. The molecule has 1 atom stereocenters. The van der Waals surface area contributed by atoms with E-state index >= 15 is 0 Å². The highest BCUT2D eigenvalue weighted by Gasteiger charge is 2.19. The van der Waals surface area contributed by atoms with Gasteiger partial charge in [0.15, 0.2) is 12.4 Å². The molecule has 0 heterocycles. The van der Waals surface area contributed by atoms with Gasteiger partial charge in [0.1, 0.15) is 0 Å². The fourth-order valence-electron chi connectivity index (χ4n) is 1.39. The summed E-state index contributed by atoms with van der Waals surface area (Å²) < 4.78 is 0. The number of aryl methyl sites for hydroxylation is 1. The molecule has 0 fully saturated rings. The van der Waals surface area contributed by atoms with Crippen LogP contribution >= 0.6 is 0 Å². The van der Waals surface area contributed by atoms with Crippen molar-refractivity contribution in [1.29, 1.82) is 0 Å². The van der Waals surface area contributed by atoms with Crippen molar-refractivity contribution in [2.75, 3.05) is 0 Å². The summed E-state index contributed by atoms with van der Waals surface area (Å²) in [4.78, 5) is 21.6. The quantitative estimate of drug-likeness (QED) is 0.748. The first kappa shape index (κ1) is 11.4. The van der Waals surface area contributed by atoms with Crippen LogP contribution in [0.2, 0.25) is 0 Å². The second-order valence-corrected chi connectivity index (χ2v) is 3.40. The molecule has 2 N–H and O–H groups in total. The Morgan fingerprint density at radius 1 is 1.47 bits per heavy atom. The molecule has 15 heavy (non-hydrogen) atoms. The van der Waals surface area contributed by atoms with E-state index in [0.717, 1.165) is 11.1 Å². The normalized spacial score (nSPS) is 12.2. The zero-order chi connectivity index (χ0) is 11.6. The molecule has 0 saturated heterocycles. The van der Waals surface area contributed by atoms with Crippen molar-refractivity contribution in [3.8, 4) is 0 Å². The van der Waals surface area contributed by atoms with Crippen molar-refractivity contribution in [3.63, 3.8) is 0 Å². The Bertz CT molecular complexity index is 413. The van der Waals surface area contributed by atoms with Gasteiger partial charge in [-0.25, -0.2) is 0 Å². The SMILES string of the molecule is Cc1ccc(C(O)C([NH])=O)c(C=O)c1C. The zero-order valence-corrected chi connectivity index (χ0v) is 8.57. The second-order valence-electron chi connectivity index (χ2n) is 3.40. The zero-order valence-electron chi connectivity index (χ0n) is 8.57. The number of aliphatic hydroxyl groups is 1. The predicted octanol–water partition coefficient (Wildman–Crippen LogP) is 0.959. The number of nitrogens with one attached hydrogen (secondary N) is 1. The summed E-state index contributed by atoms with van der Waals surface area (Å²) >= 11 is 0. The number of carbonyl (C=O) groups is 2. The van der Waals surface area contributed by atoms with Gasteiger partial charge in [0, 0.05) is 11.1 Å². The summed E-state index contributed by atoms with van der Waals surface area (Å²) in [5, 5.41) is 9.43. The summed E-state index contributed by atoms with van der Waals surface area (Å²) in [6, 6.07) is 3.22. The summed E-state index contributed by atoms with van der Waals surface area (Å²) in [5.74, 6) is -1.11. The highest BCUT2D eigenvalue weighted by Crippen LogP contribution is 2.22. The van der Waals surface area contributed by atoms with E-state index in [1.165, 1.54) is 6.07 Å². The molecule has 1 unspecified atom stereocenters. The van der Waals surface area contributed by atoms with Crippen LogP contribution in [-0.4, -0.2) is 17.3 Å². The lowest BCUT2D eigenvalue weighted by atomic mass is 9.95. The molecule has 1 rings (SSSR count). The van der Waals surface area contributed by atoms with Gasteiger partial charge in [-0.1, -0.05) is 12.1 Å². The minimum atomic E-state index is -1.54. The largest absolute Gasteiger partial charge is 0.378 e. The Labute approximate surface area is 87.7 Å². The fraction of sp³-hybridized carbons (Fsp3) is 0.273. The van der Waals surface area contributed by atoms with E-state index in [2.05, 4.69) is 0 Å². The van der Waals surface area contributed by atoms with E-state index in [1.807, 2.05) is 6.92 Å². The van der Waals surface area contributed by atoms with Gasteiger partial charge in [0.25, 0.3) is 5.91 Å². The van der Waals surface area contributed by atoms with Crippen LogP contribution in [-0.2, 0) is 4.79 Å². The van der Waals surface area contributed by atoms with Crippen LogP contribution in [0.1, 0.15) is 33.2 Å². The molecule has 4 nitrogen and oxygen atoms in total. The number of rotatable bonds is 3. The smallest absolute Gasteiger partial charge is 0.271 e. The molecule has 0 aliphatic carbocycles. The highest BCUT2D eigenvalue weighted by atomic mass is 16.3. The van der Waals surface area contributed by atoms with Crippen molar-refractivity contribution in [2.45, 2.75) is 20.0 Å². The molecule has 4 heteroatoms. The molecule has 0 bridgehead atoms. The van der Waals surface area contributed by atoms with Gasteiger partial charge in [-0.05, 0) is 25.0 Å². The van der Waals surface area contributed by atoms with Crippen molar-refractivity contribution in [1.82, 2.24) is 5.73 Å². The summed E-state index contributed by atoms with van der Waals surface area (Å²) in [6.07, 6.45) is -0.936. The first-order valence-electron chi connectivity index (χ1n) is 4.47. The molecule has 1 aromatic carbocycles. The Kier molecular flexibility index (Phi) is 3.21. The predicted molar refractivity (Wildman–Crippen MR) is 54.4 cm³/mol. The van der Waals surface area contributed by atoms with Gasteiger partial charge in [0.2, 0.25) is 0 Å². The molecule has 0 aromatic heterocycles. The van der Waals surface area contributed by atoms with Gasteiger partial charge < -0.3 is 5.11 Å². The number of benzene rings is 1. The van der Waals surface area contributed by atoms with Gasteiger partial charge in [0.05, 0.1) is 0 Å². The number of amides is 1. The lowest BCUT2D eigenvalue weighted by Crippen LogP contribution is -2.15. The molecule has 1 radical (unpaired) electrons. The number of aldehydes is 1. The number of hydrogen-bond acceptors (Lipinski definition) is 3. The summed E-state index contributed by atoms with van der Waals surface area (Å²) in [7, 11) is 0. The number of aliphatic hydroxyl groups excluding tert-OH is 1. The standard InChI is InChI=1S/C11H12NO3/c1-6-3-4-8(10(14)11(12)15)9(5-13)7(6)2/h3-5,10,12,14H,1-2H3. The van der Waals surface area contributed by atoms with E-state index in [-0.39, 0.29) is 5.56 Å². The highest BCUT2D eigenvalue weighted by molar-refractivity contribution is 5.86. The van der Waals surface area contributed by atoms with E-state index in [9.17, 15) is 14.7 Å². The first-order chi connectivity index (χ1) is 6.99. The van der Waals surface area contributed by atoms with Crippen molar-refractivity contribution < 1.29 is 14.7 Å². The Morgan fingerprint density at radius 2 is 2.07 bits per heavy atom. The van der Waals surface area contributed by atoms with Crippen LogP contribution < -0.4 is 5.73 Å². The molecular weight excluding hydrogens is 194 g/mol. The Balaban J connectivity index is 3.36. The molecule has 79 valence electrons. The van der Waals surface area contributed by atoms with Gasteiger partial charge >= 0.3 is 0 Å². The monoisotopic (exact) mass is 206 g/mol. The van der Waals surface area contributed by atoms with Crippen LogP contribution in [0.15, 0.2) is 12.1 Å². The topological polar surface area (TPSA) is 78.2 Å².